The molecule has 1 amide bonds. The van der Waals surface area contributed by atoms with Crippen molar-refractivity contribution in [1.82, 2.24) is 5.32 Å². The van der Waals surface area contributed by atoms with E-state index in [1.165, 1.54) is 11.0 Å². The second-order valence-electron chi connectivity index (χ2n) is 4.79. The third kappa shape index (κ3) is 2.24. The van der Waals surface area contributed by atoms with E-state index in [1.807, 2.05) is 19.1 Å². The summed E-state index contributed by atoms with van der Waals surface area (Å²) >= 11 is 5.89. The number of rotatable bonds is 1. The average molecular weight is 307 g/mol. The maximum absolute atomic E-state index is 14.0. The fourth-order valence-corrected chi connectivity index (χ4v) is 2.65. The molecular weight excluding hydrogens is 295 g/mol. The molecule has 1 atom stereocenters. The molecule has 2 aromatic rings. The number of para-hydroxylation sites is 1. The number of nitrogens with one attached hydrogen (secondary N) is 1. The van der Waals surface area contributed by atoms with E-state index in [0.717, 1.165) is 11.6 Å². The third-order valence-corrected chi connectivity index (χ3v) is 3.62. The predicted octanol–water partition coefficient (Wildman–Crippen LogP) is 2.94. The Hall–Kier alpha value is -2.11. The molecule has 0 saturated heterocycles. The summed E-state index contributed by atoms with van der Waals surface area (Å²) in [5.41, 5.74) is 1.64. The van der Waals surface area contributed by atoms with Gasteiger partial charge in [-0.3, -0.25) is 9.69 Å². The van der Waals surface area contributed by atoms with Crippen molar-refractivity contribution in [2.45, 2.75) is 13.3 Å². The summed E-state index contributed by atoms with van der Waals surface area (Å²) < 4.78 is 14.0. The molecule has 3 rings (SSSR count). The molecule has 1 unspecified atom stereocenters. The zero-order valence-electron chi connectivity index (χ0n) is 11.1. The smallest absolute Gasteiger partial charge is 0.259 e. The van der Waals surface area contributed by atoms with Crippen LogP contribution in [0.1, 0.15) is 15.9 Å². The standard InChI is InChI=1S/C15H12ClFN2O2/c1-8-4-2-3-5-11(8)19-12-7-9(16)6-10(17)13(12)14(20)18-15(19)21/h2-7,15,21H,1H3,(H,18,20). The van der Waals surface area contributed by atoms with Gasteiger partial charge in [0, 0.05) is 10.7 Å². The van der Waals surface area contributed by atoms with Crippen molar-refractivity contribution in [3.8, 4) is 0 Å². The molecule has 0 saturated carbocycles. The molecule has 0 radical (unpaired) electrons. The van der Waals surface area contributed by atoms with Crippen LogP contribution in [0.3, 0.4) is 0 Å². The highest BCUT2D eigenvalue weighted by atomic mass is 35.5. The Morgan fingerprint density at radius 2 is 2.00 bits per heavy atom. The van der Waals surface area contributed by atoms with Gasteiger partial charge in [0.05, 0.1) is 11.3 Å². The maximum atomic E-state index is 14.0. The summed E-state index contributed by atoms with van der Waals surface area (Å²) in [5.74, 6) is -1.39. The fraction of sp³-hybridized carbons (Fsp3) is 0.133. The van der Waals surface area contributed by atoms with Gasteiger partial charge in [-0.25, -0.2) is 4.39 Å². The predicted molar refractivity (Wildman–Crippen MR) is 78.2 cm³/mol. The summed E-state index contributed by atoms with van der Waals surface area (Å²) in [6.45, 7) is 1.86. The van der Waals surface area contributed by atoms with E-state index in [4.69, 9.17) is 11.6 Å². The first-order valence-electron chi connectivity index (χ1n) is 6.32. The number of amides is 1. The van der Waals surface area contributed by atoms with Crippen molar-refractivity contribution >= 4 is 28.9 Å². The maximum Gasteiger partial charge on any atom is 0.259 e. The number of halogens is 2. The summed E-state index contributed by atoms with van der Waals surface area (Å²) in [6, 6.07) is 9.83. The van der Waals surface area contributed by atoms with E-state index in [-0.39, 0.29) is 16.3 Å². The van der Waals surface area contributed by atoms with Gasteiger partial charge < -0.3 is 10.4 Å². The molecule has 1 aliphatic rings. The second-order valence-corrected chi connectivity index (χ2v) is 5.22. The molecule has 4 nitrogen and oxygen atoms in total. The monoisotopic (exact) mass is 306 g/mol. The number of benzene rings is 2. The molecule has 0 spiro atoms. The van der Waals surface area contributed by atoms with Crippen molar-refractivity contribution in [3.63, 3.8) is 0 Å². The summed E-state index contributed by atoms with van der Waals surface area (Å²) in [7, 11) is 0. The first-order chi connectivity index (χ1) is 9.99. The summed E-state index contributed by atoms with van der Waals surface area (Å²) in [5, 5.41) is 12.7. The molecule has 0 aromatic heterocycles. The number of aliphatic hydroxyl groups is 1. The zero-order chi connectivity index (χ0) is 15.1. The van der Waals surface area contributed by atoms with Crippen LogP contribution in [0.25, 0.3) is 0 Å². The lowest BCUT2D eigenvalue weighted by molar-refractivity contribution is 0.0766. The largest absolute Gasteiger partial charge is 0.356 e. The number of carbonyl (C=O) groups is 1. The molecule has 21 heavy (non-hydrogen) atoms. The van der Waals surface area contributed by atoms with Crippen LogP contribution in [-0.4, -0.2) is 17.4 Å². The molecule has 108 valence electrons. The van der Waals surface area contributed by atoms with Crippen LogP contribution in [0.5, 0.6) is 0 Å². The number of hydrogen-bond acceptors (Lipinski definition) is 3. The first-order valence-corrected chi connectivity index (χ1v) is 6.69. The van der Waals surface area contributed by atoms with E-state index in [2.05, 4.69) is 5.32 Å². The molecule has 6 heteroatoms. The molecule has 1 heterocycles. The van der Waals surface area contributed by atoms with E-state index >= 15 is 0 Å². The number of fused-ring (bicyclic) bond motifs is 1. The lowest BCUT2D eigenvalue weighted by atomic mass is 10.1. The highest BCUT2D eigenvalue weighted by Crippen LogP contribution is 2.37. The number of nitrogens with zero attached hydrogens (tertiary/aromatic N) is 1. The topological polar surface area (TPSA) is 52.6 Å². The molecule has 0 aliphatic carbocycles. The van der Waals surface area contributed by atoms with Gasteiger partial charge in [0.1, 0.15) is 5.82 Å². The zero-order valence-corrected chi connectivity index (χ0v) is 11.9. The van der Waals surface area contributed by atoms with Gasteiger partial charge in [0.15, 0.2) is 0 Å². The quantitative estimate of drug-likeness (QED) is 0.851. The first kappa shape index (κ1) is 13.9. The SMILES string of the molecule is Cc1ccccc1N1c2cc(Cl)cc(F)c2C(=O)NC1O. The van der Waals surface area contributed by atoms with Gasteiger partial charge in [-0.05, 0) is 30.7 Å². The fourth-order valence-electron chi connectivity index (χ4n) is 2.46. The second kappa shape index (κ2) is 5.02. The van der Waals surface area contributed by atoms with Gasteiger partial charge in [-0.2, -0.15) is 0 Å². The number of aryl methyl sites for hydroxylation is 1. The Morgan fingerprint density at radius 1 is 1.29 bits per heavy atom. The molecule has 0 fully saturated rings. The Balaban J connectivity index is 2.26. The van der Waals surface area contributed by atoms with E-state index < -0.39 is 18.1 Å². The van der Waals surface area contributed by atoms with Crippen LogP contribution < -0.4 is 10.2 Å². The lowest BCUT2D eigenvalue weighted by Crippen LogP contribution is -2.51. The molecule has 2 aromatic carbocycles. The van der Waals surface area contributed by atoms with Crippen molar-refractivity contribution in [1.29, 1.82) is 0 Å². The van der Waals surface area contributed by atoms with Gasteiger partial charge in [0.25, 0.3) is 5.91 Å². The Bertz CT molecular complexity index is 736. The normalized spacial score (nSPS) is 17.4. The average Bonchev–Trinajstić information content (AvgIpc) is 2.39. The highest BCUT2D eigenvalue weighted by Gasteiger charge is 2.33. The van der Waals surface area contributed by atoms with Gasteiger partial charge in [0.2, 0.25) is 6.35 Å². The number of aliphatic hydroxyl groups excluding tert-OH is 1. The summed E-state index contributed by atoms with van der Waals surface area (Å²) in [4.78, 5) is 13.4. The molecule has 1 aliphatic heterocycles. The minimum Gasteiger partial charge on any atom is -0.356 e. The van der Waals surface area contributed by atoms with E-state index in [1.54, 1.807) is 12.1 Å². The lowest BCUT2D eigenvalue weighted by Gasteiger charge is -2.36. The van der Waals surface area contributed by atoms with Crippen LogP contribution in [0.15, 0.2) is 36.4 Å². The minimum absolute atomic E-state index is 0.132. The van der Waals surface area contributed by atoms with Gasteiger partial charge in [-0.15, -0.1) is 0 Å². The molecule has 0 bridgehead atoms. The van der Waals surface area contributed by atoms with Crippen LogP contribution >= 0.6 is 11.6 Å². The Kier molecular flexibility index (Phi) is 3.31. The highest BCUT2D eigenvalue weighted by molar-refractivity contribution is 6.31. The van der Waals surface area contributed by atoms with Crippen molar-refractivity contribution in [3.05, 3.63) is 58.4 Å². The summed E-state index contributed by atoms with van der Waals surface area (Å²) in [6.07, 6.45) is -1.29. The van der Waals surface area contributed by atoms with Gasteiger partial charge >= 0.3 is 0 Å². The van der Waals surface area contributed by atoms with Crippen molar-refractivity contribution < 1.29 is 14.3 Å². The number of carbonyl (C=O) groups excluding carboxylic acids is 1. The van der Waals surface area contributed by atoms with Crippen LogP contribution in [0.4, 0.5) is 15.8 Å². The van der Waals surface area contributed by atoms with Crippen molar-refractivity contribution in [2.24, 2.45) is 0 Å². The van der Waals surface area contributed by atoms with Gasteiger partial charge in [-0.1, -0.05) is 29.8 Å². The van der Waals surface area contributed by atoms with E-state index in [0.29, 0.717) is 5.69 Å². The van der Waals surface area contributed by atoms with Crippen LogP contribution in [0.2, 0.25) is 5.02 Å². The number of anilines is 2. The van der Waals surface area contributed by atoms with Crippen molar-refractivity contribution in [2.75, 3.05) is 4.90 Å². The van der Waals surface area contributed by atoms with Crippen LogP contribution in [0, 0.1) is 12.7 Å². The third-order valence-electron chi connectivity index (χ3n) is 3.40. The Labute approximate surface area is 125 Å². The molecular formula is C15H12ClFN2O2. The Morgan fingerprint density at radius 3 is 2.71 bits per heavy atom. The van der Waals surface area contributed by atoms with E-state index in [9.17, 15) is 14.3 Å². The minimum atomic E-state index is -1.29. The number of hydrogen-bond donors (Lipinski definition) is 2. The molecule has 2 N–H and O–H groups in total. The van der Waals surface area contributed by atoms with Crippen LogP contribution in [-0.2, 0) is 0 Å².